The highest BCUT2D eigenvalue weighted by atomic mass is 16.3. The highest BCUT2D eigenvalue weighted by molar-refractivity contribution is 6.23. The number of hydrogen-bond donors (Lipinski definition) is 0. The maximum atomic E-state index is 6.77. The molecule has 0 radical (unpaired) electrons. The molecule has 0 unspecified atom stereocenters. The van der Waals surface area contributed by atoms with Gasteiger partial charge in [-0.3, -0.25) is 0 Å². The molecule has 4 aromatic heterocycles. The van der Waals surface area contributed by atoms with E-state index in [1.54, 1.807) is 0 Å². The Morgan fingerprint density at radius 3 is 1.62 bits per heavy atom. The lowest BCUT2D eigenvalue weighted by molar-refractivity contribution is 0.669. The Kier molecular flexibility index (Phi) is 7.97. The largest absolute Gasteiger partial charge is 0.456 e. The summed E-state index contributed by atoms with van der Waals surface area (Å²) in [5.74, 6) is 1.74. The zero-order valence-electron chi connectivity index (χ0n) is 37.0. The van der Waals surface area contributed by atoms with Gasteiger partial charge in [0.15, 0.2) is 17.5 Å². The molecule has 15 rings (SSSR count). The molecule has 0 aliphatic heterocycles. The lowest BCUT2D eigenvalue weighted by Crippen LogP contribution is -2.01. The number of para-hydroxylation sites is 4. The summed E-state index contributed by atoms with van der Waals surface area (Å²) in [6, 6.07) is 79.8. The first-order valence-corrected chi connectivity index (χ1v) is 23.3. The van der Waals surface area contributed by atoms with E-state index in [0.717, 1.165) is 99.0 Å². The van der Waals surface area contributed by atoms with E-state index in [-0.39, 0.29) is 0 Å². The van der Waals surface area contributed by atoms with Gasteiger partial charge in [0.1, 0.15) is 11.2 Å². The summed E-state index contributed by atoms with van der Waals surface area (Å²) in [6.07, 6.45) is 0. The molecule has 4 heterocycles. The van der Waals surface area contributed by atoms with Gasteiger partial charge in [-0.1, -0.05) is 152 Å². The first kappa shape index (κ1) is 37.8. The molecular formula is C63H37N5O. The molecule has 6 nitrogen and oxygen atoms in total. The minimum absolute atomic E-state index is 0.565. The SMILES string of the molecule is c1ccc(-n2c3ccccc3c3ccc(-c4nc(-c5ccc6ccccc6c5)nc(-c5cc6oc7ccccc7c6c6cc(-n7c8ccccc8c8cc9ccccc9cc87)ccc56)n4)cc32)cc1. The van der Waals surface area contributed by atoms with Crippen molar-refractivity contribution in [1.82, 2.24) is 24.1 Å². The summed E-state index contributed by atoms with van der Waals surface area (Å²) in [5.41, 5.74) is 10.9. The van der Waals surface area contributed by atoms with Gasteiger partial charge in [0.05, 0.1) is 22.1 Å². The molecule has 0 atom stereocenters. The standard InChI is InChI=1S/C63H37N5O/c1-2-18-44(19-3-1)67-54-23-11-8-20-47(54)49-30-28-43(35-56(49)67)62-64-61(42-27-26-38-14-4-5-15-39(38)32-42)65-63(66-62)53-37-59-60(50-22-10-13-25-58(50)69-59)52-36-45(29-31-46(52)53)68-55-24-12-9-21-48(55)51-33-40-16-6-7-17-41(40)34-57(51)68/h1-37H. The van der Waals surface area contributed by atoms with Gasteiger partial charge in [0, 0.05) is 60.4 Å². The number of nitrogens with zero attached hydrogens (tertiary/aromatic N) is 5. The molecule has 0 aliphatic carbocycles. The van der Waals surface area contributed by atoms with Crippen LogP contribution in [-0.2, 0) is 0 Å². The Morgan fingerprint density at radius 1 is 0.290 bits per heavy atom. The van der Waals surface area contributed by atoms with Crippen molar-refractivity contribution in [3.63, 3.8) is 0 Å². The van der Waals surface area contributed by atoms with Crippen LogP contribution in [0.25, 0.3) is 143 Å². The third-order valence-corrected chi connectivity index (χ3v) is 14.1. The summed E-state index contributed by atoms with van der Waals surface area (Å²) in [7, 11) is 0. The van der Waals surface area contributed by atoms with E-state index >= 15 is 0 Å². The highest BCUT2D eigenvalue weighted by Crippen LogP contribution is 2.43. The van der Waals surface area contributed by atoms with E-state index in [4.69, 9.17) is 19.4 Å². The molecule has 0 N–H and O–H groups in total. The fourth-order valence-corrected chi connectivity index (χ4v) is 10.9. The predicted octanol–water partition coefficient (Wildman–Crippen LogP) is 16.4. The molecule has 0 amide bonds. The minimum atomic E-state index is 0.565. The number of aromatic nitrogens is 5. The van der Waals surface area contributed by atoms with Crippen LogP contribution in [0.5, 0.6) is 0 Å². The fraction of sp³-hybridized carbons (Fsp3) is 0. The van der Waals surface area contributed by atoms with Crippen LogP contribution in [0, 0.1) is 0 Å². The van der Waals surface area contributed by atoms with Gasteiger partial charge >= 0.3 is 0 Å². The molecule has 0 aliphatic rings. The lowest BCUT2D eigenvalue weighted by Gasteiger charge is -2.14. The second-order valence-corrected chi connectivity index (χ2v) is 18.0. The quantitative estimate of drug-likeness (QED) is 0.173. The van der Waals surface area contributed by atoms with E-state index in [1.165, 1.54) is 26.9 Å². The lowest BCUT2D eigenvalue weighted by atomic mass is 9.97. The van der Waals surface area contributed by atoms with Crippen LogP contribution in [0.4, 0.5) is 0 Å². The van der Waals surface area contributed by atoms with Gasteiger partial charge in [0.25, 0.3) is 0 Å². The number of fused-ring (bicyclic) bond motifs is 13. The van der Waals surface area contributed by atoms with E-state index in [9.17, 15) is 0 Å². The van der Waals surface area contributed by atoms with Crippen molar-refractivity contribution >= 4 is 97.9 Å². The second kappa shape index (κ2) is 14.6. The smallest absolute Gasteiger partial charge is 0.164 e. The van der Waals surface area contributed by atoms with Crippen LogP contribution in [0.2, 0.25) is 0 Å². The van der Waals surface area contributed by atoms with Gasteiger partial charge in [0.2, 0.25) is 0 Å². The molecule has 320 valence electrons. The Bertz CT molecular complexity index is 4620. The van der Waals surface area contributed by atoms with Crippen molar-refractivity contribution in [3.05, 3.63) is 224 Å². The van der Waals surface area contributed by atoms with Crippen LogP contribution in [-0.4, -0.2) is 24.1 Å². The minimum Gasteiger partial charge on any atom is -0.456 e. The second-order valence-electron chi connectivity index (χ2n) is 18.0. The molecule has 0 fully saturated rings. The average molecular weight is 880 g/mol. The summed E-state index contributed by atoms with van der Waals surface area (Å²) in [6.45, 7) is 0. The van der Waals surface area contributed by atoms with Crippen molar-refractivity contribution in [1.29, 1.82) is 0 Å². The molecular weight excluding hydrogens is 843 g/mol. The molecule has 11 aromatic carbocycles. The zero-order chi connectivity index (χ0) is 45.2. The van der Waals surface area contributed by atoms with Crippen molar-refractivity contribution in [2.45, 2.75) is 0 Å². The number of benzene rings is 11. The molecule has 0 spiro atoms. The Labute approximate surface area is 394 Å². The van der Waals surface area contributed by atoms with Gasteiger partial charge in [-0.05, 0) is 105 Å². The van der Waals surface area contributed by atoms with E-state index in [1.807, 2.05) is 12.1 Å². The van der Waals surface area contributed by atoms with Crippen LogP contribution in [0.15, 0.2) is 229 Å². The normalized spacial score (nSPS) is 12.1. The molecule has 0 saturated carbocycles. The van der Waals surface area contributed by atoms with Crippen LogP contribution in [0.1, 0.15) is 0 Å². The number of furan rings is 1. The summed E-state index contributed by atoms with van der Waals surface area (Å²) in [5, 5.41) is 13.7. The summed E-state index contributed by atoms with van der Waals surface area (Å²) < 4.78 is 11.5. The Morgan fingerprint density at radius 2 is 0.841 bits per heavy atom. The first-order valence-electron chi connectivity index (χ1n) is 23.3. The Hall–Kier alpha value is -9.39. The molecule has 6 heteroatoms. The van der Waals surface area contributed by atoms with Gasteiger partial charge in [-0.15, -0.1) is 0 Å². The van der Waals surface area contributed by atoms with E-state index in [0.29, 0.717) is 17.5 Å². The molecule has 15 aromatic rings. The highest BCUT2D eigenvalue weighted by Gasteiger charge is 2.22. The zero-order valence-corrected chi connectivity index (χ0v) is 37.0. The molecule has 0 saturated heterocycles. The van der Waals surface area contributed by atoms with Gasteiger partial charge in [-0.2, -0.15) is 0 Å². The predicted molar refractivity (Wildman–Crippen MR) is 285 cm³/mol. The molecule has 0 bridgehead atoms. The fourth-order valence-electron chi connectivity index (χ4n) is 10.9. The van der Waals surface area contributed by atoms with Crippen molar-refractivity contribution in [2.75, 3.05) is 0 Å². The Balaban J connectivity index is 1.00. The topological polar surface area (TPSA) is 61.7 Å². The van der Waals surface area contributed by atoms with Crippen molar-refractivity contribution in [2.24, 2.45) is 0 Å². The van der Waals surface area contributed by atoms with Crippen LogP contribution >= 0.6 is 0 Å². The van der Waals surface area contributed by atoms with E-state index < -0.39 is 0 Å². The maximum Gasteiger partial charge on any atom is 0.164 e. The third kappa shape index (κ3) is 5.76. The summed E-state index contributed by atoms with van der Waals surface area (Å²) >= 11 is 0. The summed E-state index contributed by atoms with van der Waals surface area (Å²) in [4.78, 5) is 16.1. The average Bonchev–Trinajstić information content (AvgIpc) is 4.07. The number of hydrogen-bond acceptors (Lipinski definition) is 4. The van der Waals surface area contributed by atoms with Gasteiger partial charge < -0.3 is 13.6 Å². The van der Waals surface area contributed by atoms with Crippen LogP contribution < -0.4 is 0 Å². The van der Waals surface area contributed by atoms with Crippen molar-refractivity contribution < 1.29 is 4.42 Å². The molecule has 69 heavy (non-hydrogen) atoms. The van der Waals surface area contributed by atoms with Gasteiger partial charge in [-0.25, -0.2) is 15.0 Å². The monoisotopic (exact) mass is 879 g/mol. The first-order chi connectivity index (χ1) is 34.2. The van der Waals surface area contributed by atoms with E-state index in [2.05, 4.69) is 221 Å². The third-order valence-electron chi connectivity index (χ3n) is 14.1. The van der Waals surface area contributed by atoms with Crippen LogP contribution in [0.3, 0.4) is 0 Å². The van der Waals surface area contributed by atoms with Crippen molar-refractivity contribution in [3.8, 4) is 45.5 Å². The number of rotatable bonds is 5. The maximum absolute atomic E-state index is 6.77.